The van der Waals surface area contributed by atoms with E-state index in [0.717, 1.165) is 4.68 Å². The van der Waals surface area contributed by atoms with Gasteiger partial charge < -0.3 is 16.2 Å². The van der Waals surface area contributed by atoms with Crippen LogP contribution < -0.4 is 11.1 Å². The summed E-state index contributed by atoms with van der Waals surface area (Å²) in [5, 5.41) is 17.8. The van der Waals surface area contributed by atoms with E-state index < -0.39 is 17.8 Å². The molecular formula is C8H11N5O4. The number of primary amides is 1. The average molecular weight is 241 g/mol. The van der Waals surface area contributed by atoms with Gasteiger partial charge in [0, 0.05) is 13.0 Å². The number of nitrogens with one attached hydrogen (secondary N) is 1. The standard InChI is InChI=1S/C8H11N5O4/c9-6(14)1-2-10-8(17)5-3-13(12-11-5)4-7(15)16/h3H,1-2,4H2,(H2,9,14)(H,10,17)(H,15,16). The number of nitrogens with two attached hydrogens (primary N) is 1. The monoisotopic (exact) mass is 241 g/mol. The number of aromatic nitrogens is 3. The molecule has 1 rings (SSSR count). The Morgan fingerprint density at radius 2 is 2.18 bits per heavy atom. The van der Waals surface area contributed by atoms with Gasteiger partial charge in [0.15, 0.2) is 5.69 Å². The van der Waals surface area contributed by atoms with E-state index >= 15 is 0 Å². The molecule has 1 heterocycles. The minimum Gasteiger partial charge on any atom is -0.480 e. The second kappa shape index (κ2) is 5.58. The van der Waals surface area contributed by atoms with E-state index in [1.54, 1.807) is 0 Å². The van der Waals surface area contributed by atoms with Crippen molar-refractivity contribution in [3.8, 4) is 0 Å². The van der Waals surface area contributed by atoms with Gasteiger partial charge in [-0.05, 0) is 0 Å². The highest BCUT2D eigenvalue weighted by Crippen LogP contribution is 1.93. The highest BCUT2D eigenvalue weighted by atomic mass is 16.4. The molecule has 17 heavy (non-hydrogen) atoms. The van der Waals surface area contributed by atoms with Crippen LogP contribution in [0.5, 0.6) is 0 Å². The van der Waals surface area contributed by atoms with Gasteiger partial charge in [0.05, 0.1) is 6.20 Å². The number of nitrogens with zero attached hydrogens (tertiary/aromatic N) is 3. The molecule has 92 valence electrons. The number of hydrogen-bond acceptors (Lipinski definition) is 5. The quantitative estimate of drug-likeness (QED) is 0.524. The van der Waals surface area contributed by atoms with Crippen LogP contribution in [0.1, 0.15) is 16.9 Å². The SMILES string of the molecule is NC(=O)CCNC(=O)c1cn(CC(=O)O)nn1. The van der Waals surface area contributed by atoms with Crippen molar-refractivity contribution in [2.24, 2.45) is 5.73 Å². The Kier molecular flexibility index (Phi) is 4.14. The molecule has 9 nitrogen and oxygen atoms in total. The third-order valence-electron chi connectivity index (χ3n) is 1.73. The molecule has 0 bridgehead atoms. The van der Waals surface area contributed by atoms with Gasteiger partial charge in [-0.1, -0.05) is 5.21 Å². The second-order valence-corrected chi connectivity index (χ2v) is 3.17. The number of aliphatic carboxylic acids is 1. The van der Waals surface area contributed by atoms with Gasteiger partial charge in [0.2, 0.25) is 5.91 Å². The van der Waals surface area contributed by atoms with Crippen LogP contribution in [0, 0.1) is 0 Å². The van der Waals surface area contributed by atoms with Crippen molar-refractivity contribution in [3.05, 3.63) is 11.9 Å². The van der Waals surface area contributed by atoms with Gasteiger partial charge in [-0.2, -0.15) is 0 Å². The van der Waals surface area contributed by atoms with E-state index in [0.29, 0.717) is 0 Å². The van der Waals surface area contributed by atoms with E-state index in [1.807, 2.05) is 0 Å². The van der Waals surface area contributed by atoms with E-state index in [1.165, 1.54) is 6.20 Å². The summed E-state index contributed by atoms with van der Waals surface area (Å²) in [4.78, 5) is 32.2. The van der Waals surface area contributed by atoms with Crippen LogP contribution in [0.4, 0.5) is 0 Å². The smallest absolute Gasteiger partial charge is 0.325 e. The molecule has 0 radical (unpaired) electrons. The van der Waals surface area contributed by atoms with Crippen LogP contribution in [0.3, 0.4) is 0 Å². The van der Waals surface area contributed by atoms with Crippen LogP contribution in [0.15, 0.2) is 6.20 Å². The van der Waals surface area contributed by atoms with Crippen LogP contribution >= 0.6 is 0 Å². The molecule has 0 spiro atoms. The molecule has 0 aliphatic heterocycles. The molecule has 0 saturated carbocycles. The summed E-state index contributed by atoms with van der Waals surface area (Å²) in [5.41, 5.74) is 4.87. The number of hydrogen-bond donors (Lipinski definition) is 3. The second-order valence-electron chi connectivity index (χ2n) is 3.17. The lowest BCUT2D eigenvalue weighted by molar-refractivity contribution is -0.137. The first kappa shape index (κ1) is 12.6. The van der Waals surface area contributed by atoms with Crippen molar-refractivity contribution in [1.29, 1.82) is 0 Å². The predicted octanol–water partition coefficient (Wildman–Crippen LogP) is -2.03. The molecule has 0 aliphatic rings. The largest absolute Gasteiger partial charge is 0.480 e. The first-order chi connectivity index (χ1) is 7.99. The lowest BCUT2D eigenvalue weighted by Crippen LogP contribution is -2.28. The average Bonchev–Trinajstić information content (AvgIpc) is 2.64. The van der Waals surface area contributed by atoms with Crippen LogP contribution in [0.25, 0.3) is 0 Å². The molecule has 0 fully saturated rings. The molecule has 2 amide bonds. The molecule has 4 N–H and O–H groups in total. The lowest BCUT2D eigenvalue weighted by Gasteiger charge is -1.99. The normalized spacial score (nSPS) is 9.88. The zero-order valence-corrected chi connectivity index (χ0v) is 8.79. The third-order valence-corrected chi connectivity index (χ3v) is 1.73. The van der Waals surface area contributed by atoms with Crippen molar-refractivity contribution in [2.75, 3.05) is 6.54 Å². The summed E-state index contributed by atoms with van der Waals surface area (Å²) in [6, 6.07) is 0. The summed E-state index contributed by atoms with van der Waals surface area (Å²) in [6.45, 7) is -0.276. The van der Waals surface area contributed by atoms with Gasteiger partial charge in [-0.3, -0.25) is 14.4 Å². The van der Waals surface area contributed by atoms with Crippen molar-refractivity contribution in [2.45, 2.75) is 13.0 Å². The van der Waals surface area contributed by atoms with Crippen molar-refractivity contribution < 1.29 is 19.5 Å². The molecule has 1 aromatic rings. The number of carbonyl (C=O) groups is 3. The zero-order chi connectivity index (χ0) is 12.8. The van der Waals surface area contributed by atoms with Crippen LogP contribution in [-0.4, -0.2) is 44.4 Å². The number of amides is 2. The van der Waals surface area contributed by atoms with Gasteiger partial charge in [-0.25, -0.2) is 4.68 Å². The number of carbonyl (C=O) groups excluding carboxylic acids is 2. The maximum Gasteiger partial charge on any atom is 0.325 e. The Morgan fingerprint density at radius 3 is 2.76 bits per heavy atom. The molecule has 1 aromatic heterocycles. The molecule has 9 heteroatoms. The maximum atomic E-state index is 11.4. The molecule has 0 unspecified atom stereocenters. The first-order valence-corrected chi connectivity index (χ1v) is 4.67. The Morgan fingerprint density at radius 1 is 1.47 bits per heavy atom. The van der Waals surface area contributed by atoms with Gasteiger partial charge >= 0.3 is 5.97 Å². The first-order valence-electron chi connectivity index (χ1n) is 4.67. The molecule has 0 atom stereocenters. The van der Waals surface area contributed by atoms with Gasteiger partial charge in [0.25, 0.3) is 5.91 Å². The van der Waals surface area contributed by atoms with E-state index in [9.17, 15) is 14.4 Å². The fraction of sp³-hybridized carbons (Fsp3) is 0.375. The van der Waals surface area contributed by atoms with Crippen LogP contribution in [0.2, 0.25) is 0 Å². The minimum absolute atomic E-state index is 0.0179. The number of carboxylic acids is 1. The van der Waals surface area contributed by atoms with Crippen LogP contribution in [-0.2, 0) is 16.1 Å². The fourth-order valence-electron chi connectivity index (χ4n) is 1.01. The summed E-state index contributed by atoms with van der Waals surface area (Å²) in [6.07, 6.45) is 1.22. The Labute approximate surface area is 95.6 Å². The number of rotatable bonds is 6. The summed E-state index contributed by atoms with van der Waals surface area (Å²) >= 11 is 0. The van der Waals surface area contributed by atoms with E-state index in [2.05, 4.69) is 15.6 Å². The third kappa shape index (κ3) is 4.28. The predicted molar refractivity (Wildman–Crippen MR) is 53.8 cm³/mol. The minimum atomic E-state index is -1.09. The molecule has 0 saturated heterocycles. The van der Waals surface area contributed by atoms with E-state index in [4.69, 9.17) is 10.8 Å². The fourth-order valence-corrected chi connectivity index (χ4v) is 1.01. The highest BCUT2D eigenvalue weighted by Gasteiger charge is 2.11. The van der Waals surface area contributed by atoms with Crippen molar-refractivity contribution in [3.63, 3.8) is 0 Å². The summed E-state index contributed by atoms with van der Waals surface area (Å²) in [5.74, 6) is -2.15. The summed E-state index contributed by atoms with van der Waals surface area (Å²) < 4.78 is 1.02. The van der Waals surface area contributed by atoms with Gasteiger partial charge in [-0.15, -0.1) is 5.10 Å². The van der Waals surface area contributed by atoms with Crippen molar-refractivity contribution >= 4 is 17.8 Å². The molecule has 0 aliphatic carbocycles. The maximum absolute atomic E-state index is 11.4. The lowest BCUT2D eigenvalue weighted by atomic mass is 10.4. The van der Waals surface area contributed by atoms with Gasteiger partial charge in [0.1, 0.15) is 6.54 Å². The van der Waals surface area contributed by atoms with E-state index in [-0.39, 0.29) is 25.2 Å². The zero-order valence-electron chi connectivity index (χ0n) is 8.79. The summed E-state index contributed by atoms with van der Waals surface area (Å²) in [7, 11) is 0. The Balaban J connectivity index is 2.49. The van der Waals surface area contributed by atoms with Crippen molar-refractivity contribution in [1.82, 2.24) is 20.3 Å². The Hall–Kier alpha value is -2.45. The number of carboxylic acid groups (broad SMARTS) is 1. The topological polar surface area (TPSA) is 140 Å². The Bertz CT molecular complexity index is 441. The highest BCUT2D eigenvalue weighted by molar-refractivity contribution is 5.92. The molecular weight excluding hydrogens is 230 g/mol. The molecule has 0 aromatic carbocycles.